The van der Waals surface area contributed by atoms with Crippen LogP contribution in [0.1, 0.15) is 62.5 Å². The monoisotopic (exact) mass is 676 g/mol. The van der Waals surface area contributed by atoms with Crippen LogP contribution in [0.15, 0.2) is 36.4 Å². The lowest BCUT2D eigenvalue weighted by Crippen LogP contribution is -2.38. The van der Waals surface area contributed by atoms with Crippen LogP contribution in [0.2, 0.25) is 0 Å². The summed E-state index contributed by atoms with van der Waals surface area (Å²) in [5, 5.41) is 10.4. The summed E-state index contributed by atoms with van der Waals surface area (Å²) in [5.41, 5.74) is 1.98. The number of hydrogen-bond acceptors (Lipinski definition) is 9. The average molecular weight is 677 g/mol. The minimum absolute atomic E-state index is 0.0422. The SMILES string of the molecule is CCN(CCOCCN(CC)C(=O)Cn1nc(C(=O)C(C)C)c2ccc(OC)cc21)C(=O)Cn1nc(C(=O)C(C)C)c2ccc(OC)cc21. The molecular formula is C36H48N6O7. The first-order chi connectivity index (χ1) is 23.4. The molecule has 0 bridgehead atoms. The van der Waals surface area contributed by atoms with Gasteiger partial charge in [0, 0.05) is 60.9 Å². The van der Waals surface area contributed by atoms with Crippen molar-refractivity contribution in [2.75, 3.05) is 53.6 Å². The lowest BCUT2D eigenvalue weighted by Gasteiger charge is -2.23. The van der Waals surface area contributed by atoms with E-state index in [2.05, 4.69) is 10.2 Å². The van der Waals surface area contributed by atoms with E-state index in [1.165, 1.54) is 0 Å². The molecule has 2 amide bonds. The minimum Gasteiger partial charge on any atom is -0.497 e. The third-order valence-corrected chi connectivity index (χ3v) is 8.48. The molecule has 0 radical (unpaired) electrons. The first-order valence-corrected chi connectivity index (χ1v) is 16.7. The smallest absolute Gasteiger partial charge is 0.244 e. The van der Waals surface area contributed by atoms with Gasteiger partial charge >= 0.3 is 0 Å². The molecule has 13 heteroatoms. The van der Waals surface area contributed by atoms with Gasteiger partial charge in [-0.1, -0.05) is 27.7 Å². The third kappa shape index (κ3) is 8.45. The zero-order valence-corrected chi connectivity index (χ0v) is 29.8. The van der Waals surface area contributed by atoms with Gasteiger partial charge in [0.15, 0.2) is 11.6 Å². The van der Waals surface area contributed by atoms with Gasteiger partial charge < -0.3 is 24.0 Å². The molecule has 0 aliphatic rings. The van der Waals surface area contributed by atoms with Crippen molar-refractivity contribution in [2.45, 2.75) is 54.6 Å². The van der Waals surface area contributed by atoms with E-state index in [9.17, 15) is 19.2 Å². The highest BCUT2D eigenvalue weighted by atomic mass is 16.5. The summed E-state index contributed by atoms with van der Waals surface area (Å²) in [5.74, 6) is 0.224. The predicted molar refractivity (Wildman–Crippen MR) is 186 cm³/mol. The Balaban J connectivity index is 1.35. The number of likely N-dealkylation sites (N-methyl/N-ethyl adjacent to an activating group) is 2. The van der Waals surface area contributed by atoms with Gasteiger partial charge in [0.05, 0.1) is 38.5 Å². The van der Waals surface area contributed by atoms with E-state index >= 15 is 0 Å². The van der Waals surface area contributed by atoms with E-state index in [0.717, 1.165) is 0 Å². The van der Waals surface area contributed by atoms with Crippen LogP contribution in [-0.4, -0.2) is 106 Å². The van der Waals surface area contributed by atoms with Gasteiger partial charge in [0.25, 0.3) is 0 Å². The molecule has 0 N–H and O–H groups in total. The lowest BCUT2D eigenvalue weighted by atomic mass is 10.0. The van der Waals surface area contributed by atoms with Crippen LogP contribution in [0.3, 0.4) is 0 Å². The normalized spacial score (nSPS) is 11.5. The summed E-state index contributed by atoms with van der Waals surface area (Å²) in [4.78, 5) is 55.8. The van der Waals surface area contributed by atoms with Gasteiger partial charge in [-0.15, -0.1) is 0 Å². The molecule has 0 spiro atoms. The lowest BCUT2D eigenvalue weighted by molar-refractivity contribution is -0.132. The fourth-order valence-corrected chi connectivity index (χ4v) is 5.54. The third-order valence-electron chi connectivity index (χ3n) is 8.48. The molecule has 2 heterocycles. The van der Waals surface area contributed by atoms with E-state index < -0.39 is 0 Å². The summed E-state index contributed by atoms with van der Waals surface area (Å²) in [7, 11) is 3.13. The van der Waals surface area contributed by atoms with Gasteiger partial charge in [-0.2, -0.15) is 10.2 Å². The number of fused-ring (bicyclic) bond motifs is 2. The number of benzene rings is 2. The summed E-state index contributed by atoms with van der Waals surface area (Å²) >= 11 is 0. The Morgan fingerprint density at radius 1 is 0.673 bits per heavy atom. The zero-order chi connectivity index (χ0) is 35.8. The van der Waals surface area contributed by atoms with Gasteiger partial charge in [0.2, 0.25) is 11.8 Å². The number of nitrogens with zero attached hydrogens (tertiary/aromatic N) is 6. The Morgan fingerprint density at radius 3 is 1.39 bits per heavy atom. The van der Waals surface area contributed by atoms with Gasteiger partial charge in [-0.3, -0.25) is 28.5 Å². The van der Waals surface area contributed by atoms with Crippen molar-refractivity contribution in [1.29, 1.82) is 0 Å². The first-order valence-electron chi connectivity index (χ1n) is 16.7. The van der Waals surface area contributed by atoms with Crippen molar-refractivity contribution in [3.05, 3.63) is 47.8 Å². The van der Waals surface area contributed by atoms with Crippen LogP contribution in [0, 0.1) is 11.8 Å². The molecule has 0 atom stereocenters. The minimum atomic E-state index is -0.240. The molecule has 0 saturated carbocycles. The molecule has 0 unspecified atom stereocenters. The van der Waals surface area contributed by atoms with Crippen LogP contribution in [0.5, 0.6) is 11.5 Å². The van der Waals surface area contributed by atoms with Crippen LogP contribution in [0.25, 0.3) is 21.8 Å². The van der Waals surface area contributed by atoms with E-state index in [-0.39, 0.29) is 61.5 Å². The molecule has 4 rings (SSSR count). The zero-order valence-electron chi connectivity index (χ0n) is 29.8. The summed E-state index contributed by atoms with van der Waals surface area (Å²) in [6.07, 6.45) is 0. The second-order valence-corrected chi connectivity index (χ2v) is 12.4. The molecule has 0 fully saturated rings. The molecule has 0 saturated heterocycles. The van der Waals surface area contributed by atoms with E-state index in [1.54, 1.807) is 69.8 Å². The van der Waals surface area contributed by atoms with E-state index in [1.807, 2.05) is 41.5 Å². The Labute approximate surface area is 287 Å². The number of ketones is 2. The van der Waals surface area contributed by atoms with Crippen LogP contribution in [-0.2, 0) is 27.4 Å². The Hall–Kier alpha value is -4.78. The molecule has 13 nitrogen and oxygen atoms in total. The largest absolute Gasteiger partial charge is 0.497 e. The number of methoxy groups -OCH3 is 2. The number of amides is 2. The number of ether oxygens (including phenoxy) is 3. The number of aromatic nitrogens is 4. The van der Waals surface area contributed by atoms with Gasteiger partial charge in [-0.25, -0.2) is 0 Å². The topological polar surface area (TPSA) is 138 Å². The number of carbonyl (C=O) groups is 4. The molecule has 49 heavy (non-hydrogen) atoms. The van der Waals surface area contributed by atoms with Crippen molar-refractivity contribution < 1.29 is 33.4 Å². The molecule has 264 valence electrons. The fourth-order valence-electron chi connectivity index (χ4n) is 5.54. The molecule has 2 aromatic carbocycles. The Bertz CT molecular complexity index is 1680. The van der Waals surface area contributed by atoms with E-state index in [0.29, 0.717) is 70.9 Å². The van der Waals surface area contributed by atoms with Crippen LogP contribution >= 0.6 is 0 Å². The summed E-state index contributed by atoms with van der Waals surface area (Å²) in [6, 6.07) is 10.7. The number of carbonyl (C=O) groups excluding carboxylic acids is 4. The van der Waals surface area contributed by atoms with E-state index in [4.69, 9.17) is 14.2 Å². The van der Waals surface area contributed by atoms with Gasteiger partial charge in [-0.05, 0) is 38.1 Å². The average Bonchev–Trinajstić information content (AvgIpc) is 3.63. The van der Waals surface area contributed by atoms with Crippen LogP contribution in [0.4, 0.5) is 0 Å². The maximum absolute atomic E-state index is 13.4. The number of Topliss-reactive ketones (excluding diaryl/α,β-unsaturated/α-hetero) is 2. The Kier molecular flexibility index (Phi) is 12.5. The Morgan fingerprint density at radius 2 is 1.06 bits per heavy atom. The van der Waals surface area contributed by atoms with Gasteiger partial charge in [0.1, 0.15) is 36.0 Å². The molecule has 2 aromatic heterocycles. The summed E-state index contributed by atoms with van der Waals surface area (Å²) < 4.78 is 19.7. The second kappa shape index (κ2) is 16.6. The van der Waals surface area contributed by atoms with Crippen molar-refractivity contribution in [2.24, 2.45) is 11.8 Å². The first kappa shape index (κ1) is 37.0. The molecule has 0 aliphatic carbocycles. The van der Waals surface area contributed by atoms with Crippen molar-refractivity contribution in [1.82, 2.24) is 29.4 Å². The van der Waals surface area contributed by atoms with Crippen molar-refractivity contribution in [3.8, 4) is 11.5 Å². The highest BCUT2D eigenvalue weighted by Crippen LogP contribution is 2.27. The highest BCUT2D eigenvalue weighted by molar-refractivity contribution is 6.08. The standard InChI is InChI=1S/C36H48N6O7/c1-9-39(31(43)21-41-29-19-25(47-7)11-13-27(29)33(37-41)35(45)23(3)4)15-17-49-18-16-40(10-2)32(44)22-42-30-20-26(48-8)12-14-28(30)34(38-42)36(46)24(5)6/h11-14,19-20,23-24H,9-10,15-18,21-22H2,1-8H3. The van der Waals surface area contributed by atoms with Crippen molar-refractivity contribution >= 4 is 45.2 Å². The fraction of sp³-hybridized carbons (Fsp3) is 0.500. The highest BCUT2D eigenvalue weighted by Gasteiger charge is 2.24. The quantitative estimate of drug-likeness (QED) is 0.110. The predicted octanol–water partition coefficient (Wildman–Crippen LogP) is 4.49. The number of hydrogen-bond donors (Lipinski definition) is 0. The second-order valence-electron chi connectivity index (χ2n) is 12.4. The summed E-state index contributed by atoms with van der Waals surface area (Å²) in [6.45, 7) is 13.2. The maximum Gasteiger partial charge on any atom is 0.244 e. The maximum atomic E-state index is 13.4. The molecule has 0 aliphatic heterocycles. The number of rotatable bonds is 18. The molecular weight excluding hydrogens is 628 g/mol. The molecule has 4 aromatic rings. The van der Waals surface area contributed by atoms with Crippen molar-refractivity contribution in [3.63, 3.8) is 0 Å². The van der Waals surface area contributed by atoms with Crippen LogP contribution < -0.4 is 9.47 Å².